The quantitative estimate of drug-likeness (QED) is 0.395. The molecule has 0 aromatic rings. The lowest BCUT2D eigenvalue weighted by molar-refractivity contribution is -0.180. The summed E-state index contributed by atoms with van der Waals surface area (Å²) in [6, 6.07) is 0. The number of cyclic esters (lactones) is 1. The predicted molar refractivity (Wildman–Crippen MR) is 31.1 cm³/mol. The number of hydrogen-bond donors (Lipinski definition) is 0. The lowest BCUT2D eigenvalue weighted by atomic mass is 10.1. The van der Waals surface area contributed by atoms with E-state index in [4.69, 9.17) is 0 Å². The highest BCUT2D eigenvalue weighted by atomic mass is 16.6. The van der Waals surface area contributed by atoms with Gasteiger partial charge < -0.3 is 9.47 Å². The highest BCUT2D eigenvalue weighted by Gasteiger charge is 2.38. The Hall–Kier alpha value is -1.06. The van der Waals surface area contributed by atoms with Gasteiger partial charge in [0.2, 0.25) is 0 Å². The topological polar surface area (TPSA) is 52.6 Å². The number of hydrogen-bond acceptors (Lipinski definition) is 4. The zero-order chi connectivity index (χ0) is 7.56. The summed E-state index contributed by atoms with van der Waals surface area (Å²) in [5.74, 6) is -1.60. The van der Waals surface area contributed by atoms with Gasteiger partial charge in [0.05, 0.1) is 6.61 Å². The number of ether oxygens (including phenoxy) is 2. The van der Waals surface area contributed by atoms with Gasteiger partial charge in [-0.05, 0) is 6.92 Å². The van der Waals surface area contributed by atoms with Crippen LogP contribution in [0.2, 0.25) is 0 Å². The van der Waals surface area contributed by atoms with Crippen LogP contribution in [0.15, 0.2) is 0 Å². The summed E-state index contributed by atoms with van der Waals surface area (Å²) in [5, 5.41) is 0. The van der Waals surface area contributed by atoms with Gasteiger partial charge in [-0.25, -0.2) is 0 Å². The molecule has 1 heterocycles. The van der Waals surface area contributed by atoms with E-state index in [1.807, 2.05) is 0 Å². The first-order chi connectivity index (χ1) is 4.75. The van der Waals surface area contributed by atoms with Gasteiger partial charge in [-0.15, -0.1) is 0 Å². The minimum atomic E-state index is -0.653. The Morgan fingerprint density at radius 3 is 2.90 bits per heavy atom. The number of rotatable bonds is 2. The van der Waals surface area contributed by atoms with Gasteiger partial charge in [-0.3, -0.25) is 9.59 Å². The van der Waals surface area contributed by atoms with Crippen molar-refractivity contribution in [3.05, 3.63) is 0 Å². The molecule has 0 spiro atoms. The molecule has 0 aromatic heterocycles. The van der Waals surface area contributed by atoms with Crippen LogP contribution in [-0.2, 0) is 19.1 Å². The van der Waals surface area contributed by atoms with Crippen LogP contribution in [0, 0.1) is 5.92 Å². The Morgan fingerprint density at radius 1 is 1.90 bits per heavy atom. The molecule has 10 heavy (non-hydrogen) atoms. The van der Waals surface area contributed by atoms with Gasteiger partial charge >= 0.3 is 11.9 Å². The third kappa shape index (κ3) is 1.10. The lowest BCUT2D eigenvalue weighted by Crippen LogP contribution is -2.41. The number of carbonyl (C=O) groups excluding carboxylic acids is 2. The second kappa shape index (κ2) is 2.68. The van der Waals surface area contributed by atoms with Crippen LogP contribution in [0.4, 0.5) is 0 Å². The maximum Gasteiger partial charge on any atom is 0.323 e. The van der Waals surface area contributed by atoms with Gasteiger partial charge in [0.15, 0.2) is 5.92 Å². The second-order valence-electron chi connectivity index (χ2n) is 1.93. The van der Waals surface area contributed by atoms with E-state index >= 15 is 0 Å². The summed E-state index contributed by atoms with van der Waals surface area (Å²) in [6.45, 7) is 2.18. The smallest absolute Gasteiger partial charge is 0.323 e. The third-order valence-electron chi connectivity index (χ3n) is 1.25. The van der Waals surface area contributed by atoms with E-state index in [1.165, 1.54) is 0 Å². The Kier molecular flexibility index (Phi) is 1.89. The van der Waals surface area contributed by atoms with E-state index in [-0.39, 0.29) is 6.61 Å². The summed E-state index contributed by atoms with van der Waals surface area (Å²) in [7, 11) is 0. The van der Waals surface area contributed by atoms with Crippen molar-refractivity contribution >= 4 is 11.9 Å². The molecule has 1 fully saturated rings. The average molecular weight is 144 g/mol. The molecule has 4 nitrogen and oxygen atoms in total. The predicted octanol–water partition coefficient (Wildman–Crippen LogP) is -0.278. The first kappa shape index (κ1) is 7.05. The van der Waals surface area contributed by atoms with Crippen LogP contribution in [0.3, 0.4) is 0 Å². The van der Waals surface area contributed by atoms with Crippen molar-refractivity contribution in [1.82, 2.24) is 0 Å². The normalized spacial score (nSPS) is 22.9. The minimum Gasteiger partial charge on any atom is -0.465 e. The molecule has 1 atom stereocenters. The van der Waals surface area contributed by atoms with Crippen LogP contribution in [0.25, 0.3) is 0 Å². The molecule has 1 rings (SSSR count). The Morgan fingerprint density at radius 2 is 2.60 bits per heavy atom. The molecule has 1 saturated heterocycles. The van der Waals surface area contributed by atoms with Crippen LogP contribution in [0.1, 0.15) is 6.92 Å². The van der Waals surface area contributed by atoms with Gasteiger partial charge in [-0.2, -0.15) is 0 Å². The fraction of sp³-hybridized carbons (Fsp3) is 0.667. The fourth-order valence-corrected chi connectivity index (χ4v) is 0.642. The van der Waals surface area contributed by atoms with Gasteiger partial charge in [-0.1, -0.05) is 0 Å². The minimum absolute atomic E-state index is 0.178. The van der Waals surface area contributed by atoms with E-state index in [1.54, 1.807) is 6.92 Å². The largest absolute Gasteiger partial charge is 0.465 e. The monoisotopic (exact) mass is 144 g/mol. The summed E-state index contributed by atoms with van der Waals surface area (Å²) < 4.78 is 8.95. The summed E-state index contributed by atoms with van der Waals surface area (Å²) in [4.78, 5) is 21.1. The zero-order valence-electron chi connectivity index (χ0n) is 5.62. The highest BCUT2D eigenvalue weighted by Crippen LogP contribution is 2.13. The fourth-order valence-electron chi connectivity index (χ4n) is 0.642. The van der Waals surface area contributed by atoms with Crippen LogP contribution >= 0.6 is 0 Å². The van der Waals surface area contributed by atoms with Crippen LogP contribution in [-0.4, -0.2) is 25.2 Å². The van der Waals surface area contributed by atoms with Crippen LogP contribution < -0.4 is 0 Å². The van der Waals surface area contributed by atoms with Crippen molar-refractivity contribution in [2.45, 2.75) is 6.92 Å². The Balaban J connectivity index is 2.34. The van der Waals surface area contributed by atoms with Gasteiger partial charge in [0.1, 0.15) is 6.61 Å². The van der Waals surface area contributed by atoms with Crippen molar-refractivity contribution in [1.29, 1.82) is 0 Å². The van der Waals surface area contributed by atoms with E-state index in [2.05, 4.69) is 9.47 Å². The molecule has 0 N–H and O–H groups in total. The molecule has 56 valence electrons. The zero-order valence-corrected chi connectivity index (χ0v) is 5.62. The van der Waals surface area contributed by atoms with E-state index in [0.717, 1.165) is 0 Å². The maximum atomic E-state index is 10.7. The molecule has 1 unspecified atom stereocenters. The molecular weight excluding hydrogens is 136 g/mol. The Bertz CT molecular complexity index is 163. The molecule has 1 aliphatic heterocycles. The van der Waals surface area contributed by atoms with Crippen molar-refractivity contribution in [2.75, 3.05) is 13.2 Å². The molecule has 4 heteroatoms. The van der Waals surface area contributed by atoms with Crippen molar-refractivity contribution < 1.29 is 19.1 Å². The average Bonchev–Trinajstić information content (AvgIpc) is 1.85. The summed E-state index contributed by atoms with van der Waals surface area (Å²) >= 11 is 0. The SMILES string of the molecule is CCOC(=O)C1COC1=O. The molecule has 0 saturated carbocycles. The first-order valence-corrected chi connectivity index (χ1v) is 3.09. The number of carbonyl (C=O) groups is 2. The molecule has 0 amide bonds. The lowest BCUT2D eigenvalue weighted by Gasteiger charge is -2.21. The summed E-state index contributed by atoms with van der Waals surface area (Å²) in [6.07, 6.45) is 0. The van der Waals surface area contributed by atoms with Gasteiger partial charge in [0, 0.05) is 0 Å². The second-order valence-corrected chi connectivity index (χ2v) is 1.93. The Labute approximate surface area is 58.1 Å². The van der Waals surface area contributed by atoms with Crippen molar-refractivity contribution in [3.8, 4) is 0 Å². The molecule has 0 aromatic carbocycles. The molecule has 0 radical (unpaired) electrons. The standard InChI is InChI=1S/C6H8O4/c1-2-9-5(7)4-3-10-6(4)8/h4H,2-3H2,1H3. The van der Waals surface area contributed by atoms with Crippen molar-refractivity contribution in [3.63, 3.8) is 0 Å². The molecule has 0 bridgehead atoms. The van der Waals surface area contributed by atoms with E-state index < -0.39 is 17.9 Å². The van der Waals surface area contributed by atoms with Crippen molar-refractivity contribution in [2.24, 2.45) is 5.92 Å². The van der Waals surface area contributed by atoms with Crippen LogP contribution in [0.5, 0.6) is 0 Å². The maximum absolute atomic E-state index is 10.7. The first-order valence-electron chi connectivity index (χ1n) is 3.09. The molecular formula is C6H8O4. The van der Waals surface area contributed by atoms with E-state index in [9.17, 15) is 9.59 Å². The summed E-state index contributed by atoms with van der Waals surface area (Å²) in [5.41, 5.74) is 0. The molecule has 0 aliphatic carbocycles. The third-order valence-corrected chi connectivity index (χ3v) is 1.25. The number of esters is 2. The molecule has 1 aliphatic rings. The van der Waals surface area contributed by atoms with Gasteiger partial charge in [0.25, 0.3) is 0 Å². The van der Waals surface area contributed by atoms with E-state index in [0.29, 0.717) is 6.61 Å². The highest BCUT2D eigenvalue weighted by molar-refractivity contribution is 5.98.